The fourth-order valence-electron chi connectivity index (χ4n) is 5.50. The van der Waals surface area contributed by atoms with Crippen molar-refractivity contribution in [1.29, 1.82) is 0 Å². The molecule has 1 saturated carbocycles. The van der Waals surface area contributed by atoms with Crippen LogP contribution in [0.15, 0.2) is 48.5 Å². The Bertz CT molecular complexity index is 986. The maximum atomic E-state index is 12.9. The summed E-state index contributed by atoms with van der Waals surface area (Å²) < 4.78 is 5.68. The first-order chi connectivity index (χ1) is 14.5. The maximum absolute atomic E-state index is 12.9. The van der Waals surface area contributed by atoms with Gasteiger partial charge in [-0.05, 0) is 40.5 Å². The van der Waals surface area contributed by atoms with Gasteiger partial charge in [-0.3, -0.25) is 9.69 Å². The summed E-state index contributed by atoms with van der Waals surface area (Å²) in [6, 6.07) is 15.2. The van der Waals surface area contributed by atoms with E-state index in [1.807, 2.05) is 36.4 Å². The van der Waals surface area contributed by atoms with Gasteiger partial charge in [-0.1, -0.05) is 48.5 Å². The molecule has 154 valence electrons. The second kappa shape index (κ2) is 7.27. The first kappa shape index (κ1) is 18.9. The standard InChI is InChI=1S/C24H23NO5/c26-15-9-10-16-14(11-15)12-25(22(16)23(27)28)24(29)30-13-21-19-7-3-1-5-17(19)18-6-2-4-8-20(18)21/h1-8,14,16,21-22H,9-13H2,(H,27,28)/t14-,16-,22+/m1/s1. The maximum Gasteiger partial charge on any atom is 0.410 e. The molecule has 1 N–H and O–H groups in total. The third-order valence-corrected chi connectivity index (χ3v) is 6.85. The van der Waals surface area contributed by atoms with E-state index in [1.54, 1.807) is 0 Å². The van der Waals surface area contributed by atoms with Crippen LogP contribution in [0.3, 0.4) is 0 Å². The highest BCUT2D eigenvalue weighted by Crippen LogP contribution is 2.45. The number of hydrogen-bond donors (Lipinski definition) is 1. The summed E-state index contributed by atoms with van der Waals surface area (Å²) in [6.45, 7) is 0.425. The minimum absolute atomic E-state index is 0.0731. The molecule has 3 atom stereocenters. The Morgan fingerprint density at radius 1 is 1.03 bits per heavy atom. The number of likely N-dealkylation sites (tertiary alicyclic amines) is 1. The third-order valence-electron chi connectivity index (χ3n) is 6.85. The fourth-order valence-corrected chi connectivity index (χ4v) is 5.50. The van der Waals surface area contributed by atoms with Crippen molar-refractivity contribution in [3.8, 4) is 11.1 Å². The number of nitrogens with zero attached hydrogens (tertiary/aromatic N) is 1. The minimum Gasteiger partial charge on any atom is -0.480 e. The van der Waals surface area contributed by atoms with Gasteiger partial charge < -0.3 is 9.84 Å². The van der Waals surface area contributed by atoms with E-state index >= 15 is 0 Å². The molecule has 6 nitrogen and oxygen atoms in total. The van der Waals surface area contributed by atoms with E-state index in [2.05, 4.69) is 12.1 Å². The molecule has 6 heteroatoms. The molecule has 0 aromatic heterocycles. The van der Waals surface area contributed by atoms with Crippen molar-refractivity contribution in [3.63, 3.8) is 0 Å². The van der Waals surface area contributed by atoms with Crippen LogP contribution in [-0.4, -0.2) is 47.0 Å². The van der Waals surface area contributed by atoms with Gasteiger partial charge in [0.2, 0.25) is 0 Å². The average molecular weight is 405 g/mol. The van der Waals surface area contributed by atoms with Crippen molar-refractivity contribution >= 4 is 17.8 Å². The molecule has 1 saturated heterocycles. The number of rotatable bonds is 3. The van der Waals surface area contributed by atoms with Crippen LogP contribution in [0.25, 0.3) is 11.1 Å². The van der Waals surface area contributed by atoms with Crippen LogP contribution in [0, 0.1) is 11.8 Å². The molecule has 1 amide bonds. The zero-order valence-electron chi connectivity index (χ0n) is 16.5. The summed E-state index contributed by atoms with van der Waals surface area (Å²) in [6.07, 6.45) is 0.657. The van der Waals surface area contributed by atoms with E-state index < -0.39 is 18.1 Å². The van der Waals surface area contributed by atoms with E-state index in [4.69, 9.17) is 4.74 Å². The number of carbonyl (C=O) groups is 3. The van der Waals surface area contributed by atoms with E-state index in [-0.39, 0.29) is 36.7 Å². The number of carbonyl (C=O) groups excluding carboxylic acids is 2. The molecule has 3 aliphatic rings. The highest BCUT2D eigenvalue weighted by atomic mass is 16.6. The van der Waals surface area contributed by atoms with Crippen molar-refractivity contribution in [2.24, 2.45) is 11.8 Å². The third kappa shape index (κ3) is 2.98. The molecule has 1 heterocycles. The Balaban J connectivity index is 1.35. The predicted octanol–water partition coefficient (Wildman–Crippen LogP) is 3.69. The van der Waals surface area contributed by atoms with Gasteiger partial charge in [0.05, 0.1) is 0 Å². The van der Waals surface area contributed by atoms with Crippen molar-refractivity contribution in [2.45, 2.75) is 31.2 Å². The molecule has 2 fully saturated rings. The molecule has 1 aliphatic heterocycles. The van der Waals surface area contributed by atoms with Gasteiger partial charge in [-0.25, -0.2) is 9.59 Å². The van der Waals surface area contributed by atoms with Gasteiger partial charge in [0.15, 0.2) is 0 Å². The van der Waals surface area contributed by atoms with Crippen LogP contribution in [0.2, 0.25) is 0 Å². The Hall–Kier alpha value is -3.15. The topological polar surface area (TPSA) is 83.9 Å². The number of amides is 1. The van der Waals surface area contributed by atoms with Gasteiger partial charge in [-0.15, -0.1) is 0 Å². The minimum atomic E-state index is -1.02. The lowest BCUT2D eigenvalue weighted by Crippen LogP contribution is -2.44. The molecule has 2 aromatic carbocycles. The number of carboxylic acids is 1. The van der Waals surface area contributed by atoms with Crippen molar-refractivity contribution in [1.82, 2.24) is 4.90 Å². The number of ketones is 1. The number of carboxylic acid groups (broad SMARTS) is 1. The first-order valence-electron chi connectivity index (χ1n) is 10.4. The quantitative estimate of drug-likeness (QED) is 0.842. The Morgan fingerprint density at radius 3 is 2.30 bits per heavy atom. The number of hydrogen-bond acceptors (Lipinski definition) is 4. The molecule has 0 unspecified atom stereocenters. The van der Waals surface area contributed by atoms with Gasteiger partial charge in [-0.2, -0.15) is 0 Å². The monoisotopic (exact) mass is 405 g/mol. The summed E-state index contributed by atoms with van der Waals surface area (Å²) in [4.78, 5) is 38.0. The Labute approximate surface area is 174 Å². The lowest BCUT2D eigenvalue weighted by Gasteiger charge is -2.26. The van der Waals surface area contributed by atoms with E-state index in [9.17, 15) is 19.5 Å². The Kier molecular flexibility index (Phi) is 4.57. The van der Waals surface area contributed by atoms with E-state index in [0.29, 0.717) is 19.3 Å². The molecule has 2 aliphatic carbocycles. The average Bonchev–Trinajstić information content (AvgIpc) is 3.28. The molecule has 0 bridgehead atoms. The number of benzene rings is 2. The molecular weight excluding hydrogens is 382 g/mol. The highest BCUT2D eigenvalue weighted by molar-refractivity contribution is 5.84. The van der Waals surface area contributed by atoms with E-state index in [0.717, 1.165) is 22.3 Å². The van der Waals surface area contributed by atoms with Gasteiger partial charge >= 0.3 is 12.1 Å². The zero-order valence-corrected chi connectivity index (χ0v) is 16.5. The second-order valence-corrected chi connectivity index (χ2v) is 8.44. The van der Waals surface area contributed by atoms with Crippen LogP contribution >= 0.6 is 0 Å². The second-order valence-electron chi connectivity index (χ2n) is 8.44. The lowest BCUT2D eigenvalue weighted by molar-refractivity contribution is -0.143. The molecule has 2 aromatic rings. The van der Waals surface area contributed by atoms with Crippen LogP contribution in [0.4, 0.5) is 4.79 Å². The summed E-state index contributed by atoms with van der Waals surface area (Å²) >= 11 is 0. The molecule has 5 rings (SSSR count). The summed E-state index contributed by atoms with van der Waals surface area (Å²) in [7, 11) is 0. The molecule has 0 radical (unpaired) electrons. The molecule has 30 heavy (non-hydrogen) atoms. The largest absolute Gasteiger partial charge is 0.480 e. The summed E-state index contributed by atoms with van der Waals surface area (Å²) in [5.41, 5.74) is 4.51. The van der Waals surface area contributed by atoms with Crippen molar-refractivity contribution < 1.29 is 24.2 Å². The Morgan fingerprint density at radius 2 is 1.67 bits per heavy atom. The lowest BCUT2D eigenvalue weighted by atomic mass is 9.78. The fraction of sp³-hybridized carbons (Fsp3) is 0.375. The SMILES string of the molecule is O=C1CC[C@@H]2[C@H](C1)CN(C(=O)OCC1c3ccccc3-c3ccccc31)[C@@H]2C(=O)O. The van der Waals surface area contributed by atoms with Gasteiger partial charge in [0.1, 0.15) is 18.4 Å². The van der Waals surface area contributed by atoms with E-state index in [1.165, 1.54) is 4.90 Å². The van der Waals surface area contributed by atoms with Gasteiger partial charge in [0.25, 0.3) is 0 Å². The van der Waals surface area contributed by atoms with Crippen molar-refractivity contribution in [3.05, 3.63) is 59.7 Å². The zero-order chi connectivity index (χ0) is 20.8. The van der Waals surface area contributed by atoms with Crippen LogP contribution in [-0.2, 0) is 14.3 Å². The van der Waals surface area contributed by atoms with Crippen LogP contribution in [0.5, 0.6) is 0 Å². The first-order valence-corrected chi connectivity index (χ1v) is 10.4. The normalized spacial score (nSPS) is 24.9. The van der Waals surface area contributed by atoms with Gasteiger partial charge in [0, 0.05) is 25.3 Å². The highest BCUT2D eigenvalue weighted by Gasteiger charge is 2.50. The summed E-state index contributed by atoms with van der Waals surface area (Å²) in [5.74, 6) is -1.22. The molecular formula is C24H23NO5. The number of aliphatic carboxylic acids is 1. The smallest absolute Gasteiger partial charge is 0.410 e. The van der Waals surface area contributed by atoms with Crippen LogP contribution in [0.1, 0.15) is 36.3 Å². The predicted molar refractivity (Wildman–Crippen MR) is 109 cm³/mol. The molecule has 0 spiro atoms. The van der Waals surface area contributed by atoms with Crippen LogP contribution < -0.4 is 0 Å². The number of fused-ring (bicyclic) bond motifs is 4. The van der Waals surface area contributed by atoms with Crippen molar-refractivity contribution in [2.75, 3.05) is 13.2 Å². The number of Topliss-reactive ketones (excluding diaryl/α,β-unsaturated/α-hetero) is 1. The number of ether oxygens (including phenoxy) is 1. The summed E-state index contributed by atoms with van der Waals surface area (Å²) in [5, 5.41) is 9.74.